The maximum absolute atomic E-state index is 11.1. The van der Waals surface area contributed by atoms with E-state index in [2.05, 4.69) is 4.98 Å². The van der Waals surface area contributed by atoms with Crippen LogP contribution in [0.1, 0.15) is 5.56 Å². The highest BCUT2D eigenvalue weighted by Crippen LogP contribution is 2.34. The van der Waals surface area contributed by atoms with E-state index in [-0.39, 0.29) is 11.3 Å². The third kappa shape index (κ3) is 2.44. The van der Waals surface area contributed by atoms with Crippen LogP contribution in [0.5, 0.6) is 0 Å². The molecule has 0 radical (unpaired) electrons. The number of pyridine rings is 1. The van der Waals surface area contributed by atoms with E-state index in [0.717, 1.165) is 5.52 Å². The zero-order valence-electron chi connectivity index (χ0n) is 10.6. The summed E-state index contributed by atoms with van der Waals surface area (Å²) in [6.07, 6.45) is 3.55. The summed E-state index contributed by atoms with van der Waals surface area (Å²) < 4.78 is 1.85. The quantitative estimate of drug-likeness (QED) is 0.547. The minimum Gasteiger partial charge on any atom is -0.295 e. The van der Waals surface area contributed by atoms with Gasteiger partial charge in [-0.15, -0.1) is 0 Å². The van der Waals surface area contributed by atoms with E-state index in [0.29, 0.717) is 10.1 Å². The highest BCUT2D eigenvalue weighted by atomic mass is 32.2. The second-order valence-corrected chi connectivity index (χ2v) is 5.20. The molecule has 2 aromatic heterocycles. The lowest BCUT2D eigenvalue weighted by atomic mass is 10.2. The normalized spacial score (nSPS) is 10.4. The Hall–Kier alpha value is -2.85. The molecule has 7 heteroatoms. The molecule has 0 aliphatic carbocycles. The third-order valence-electron chi connectivity index (χ3n) is 2.89. The van der Waals surface area contributed by atoms with Gasteiger partial charge in [0, 0.05) is 12.3 Å². The molecular formula is C14H8N4O2S. The van der Waals surface area contributed by atoms with Crippen molar-refractivity contribution in [1.29, 1.82) is 5.26 Å². The molecule has 21 heavy (non-hydrogen) atoms. The number of fused-ring (bicyclic) bond motifs is 1. The number of nitro benzene ring substituents is 1. The lowest BCUT2D eigenvalue weighted by Gasteiger charge is -2.03. The van der Waals surface area contributed by atoms with Gasteiger partial charge >= 0.3 is 0 Å². The van der Waals surface area contributed by atoms with Crippen molar-refractivity contribution in [2.45, 2.75) is 10.1 Å². The Kier molecular flexibility index (Phi) is 3.30. The van der Waals surface area contributed by atoms with Gasteiger partial charge in [0.2, 0.25) is 0 Å². The van der Waals surface area contributed by atoms with Crippen LogP contribution >= 0.6 is 11.8 Å². The Morgan fingerprint density at radius 2 is 2.19 bits per heavy atom. The van der Waals surface area contributed by atoms with E-state index in [1.165, 1.54) is 17.8 Å². The second kappa shape index (κ2) is 5.26. The molecule has 0 amide bonds. The van der Waals surface area contributed by atoms with Crippen molar-refractivity contribution in [3.63, 3.8) is 0 Å². The predicted octanol–water partition coefficient (Wildman–Crippen LogP) is 3.27. The van der Waals surface area contributed by atoms with Crippen LogP contribution in [0.3, 0.4) is 0 Å². The summed E-state index contributed by atoms with van der Waals surface area (Å²) >= 11 is 1.20. The fourth-order valence-corrected chi connectivity index (χ4v) is 2.85. The monoisotopic (exact) mass is 296 g/mol. The Balaban J connectivity index is 2.06. The van der Waals surface area contributed by atoms with Crippen molar-refractivity contribution in [3.8, 4) is 6.07 Å². The average molecular weight is 296 g/mol. The standard InChI is InChI=1S/C14H8N4O2S/c15-8-10-4-5-13(12(7-10)18(19)20)21-14-16-9-11-3-1-2-6-17(11)14/h1-7,9H. The highest BCUT2D eigenvalue weighted by molar-refractivity contribution is 7.99. The number of hydrogen-bond donors (Lipinski definition) is 0. The van der Waals surface area contributed by atoms with Gasteiger partial charge in [0.25, 0.3) is 5.69 Å². The Morgan fingerprint density at radius 3 is 2.95 bits per heavy atom. The average Bonchev–Trinajstić information content (AvgIpc) is 2.91. The minimum absolute atomic E-state index is 0.0910. The first-order valence-electron chi connectivity index (χ1n) is 5.97. The highest BCUT2D eigenvalue weighted by Gasteiger charge is 2.17. The molecule has 6 nitrogen and oxygen atoms in total. The van der Waals surface area contributed by atoms with Crippen molar-refractivity contribution in [2.24, 2.45) is 0 Å². The first-order chi connectivity index (χ1) is 10.2. The smallest absolute Gasteiger partial charge is 0.284 e. The number of rotatable bonds is 3. The van der Waals surface area contributed by atoms with Crippen LogP contribution in [0.25, 0.3) is 5.52 Å². The SMILES string of the molecule is N#Cc1ccc(Sc2ncc3ccccn23)c([N+](=O)[O-])c1. The zero-order chi connectivity index (χ0) is 14.8. The Labute approximate surface area is 123 Å². The number of hydrogen-bond acceptors (Lipinski definition) is 5. The van der Waals surface area contributed by atoms with Crippen molar-refractivity contribution in [3.05, 3.63) is 64.5 Å². The van der Waals surface area contributed by atoms with Gasteiger partial charge in [0.05, 0.1) is 33.2 Å². The molecule has 0 fully saturated rings. The van der Waals surface area contributed by atoms with Gasteiger partial charge in [0.1, 0.15) is 0 Å². The molecule has 0 aliphatic rings. The fraction of sp³-hybridized carbons (Fsp3) is 0. The van der Waals surface area contributed by atoms with Crippen molar-refractivity contribution in [1.82, 2.24) is 9.38 Å². The first kappa shape index (κ1) is 13.1. The molecule has 0 saturated carbocycles. The van der Waals surface area contributed by atoms with Crippen LogP contribution in [-0.4, -0.2) is 14.3 Å². The van der Waals surface area contributed by atoms with Gasteiger partial charge in [-0.2, -0.15) is 5.26 Å². The number of nitriles is 1. The molecule has 0 spiro atoms. The number of aromatic nitrogens is 2. The van der Waals surface area contributed by atoms with Crippen molar-refractivity contribution < 1.29 is 4.92 Å². The van der Waals surface area contributed by atoms with Gasteiger partial charge in [0.15, 0.2) is 5.16 Å². The number of imidazole rings is 1. The van der Waals surface area contributed by atoms with Crippen LogP contribution in [0.4, 0.5) is 5.69 Å². The van der Waals surface area contributed by atoms with E-state index in [9.17, 15) is 10.1 Å². The third-order valence-corrected chi connectivity index (χ3v) is 3.94. The lowest BCUT2D eigenvalue weighted by Crippen LogP contribution is -1.93. The maximum atomic E-state index is 11.1. The van der Waals surface area contributed by atoms with E-state index in [4.69, 9.17) is 5.26 Å². The largest absolute Gasteiger partial charge is 0.295 e. The molecule has 2 heterocycles. The first-order valence-corrected chi connectivity index (χ1v) is 6.79. The van der Waals surface area contributed by atoms with Gasteiger partial charge in [-0.1, -0.05) is 6.07 Å². The molecule has 0 bridgehead atoms. The summed E-state index contributed by atoms with van der Waals surface area (Å²) in [4.78, 5) is 15.4. The number of nitro groups is 1. The molecule has 0 atom stereocenters. The summed E-state index contributed by atoms with van der Waals surface area (Å²) in [5, 5.41) is 20.6. The fourth-order valence-electron chi connectivity index (χ4n) is 1.91. The second-order valence-electron chi connectivity index (χ2n) is 4.19. The molecule has 0 unspecified atom stereocenters. The van der Waals surface area contributed by atoms with E-state index in [1.54, 1.807) is 18.3 Å². The van der Waals surface area contributed by atoms with Gasteiger partial charge in [-0.05, 0) is 36.0 Å². The van der Waals surface area contributed by atoms with Crippen LogP contribution in [0.15, 0.2) is 58.8 Å². The van der Waals surface area contributed by atoms with Crippen LogP contribution in [-0.2, 0) is 0 Å². The molecule has 0 N–H and O–H groups in total. The van der Waals surface area contributed by atoms with Gasteiger partial charge in [-0.3, -0.25) is 14.5 Å². The van der Waals surface area contributed by atoms with Crippen LogP contribution in [0, 0.1) is 21.4 Å². The van der Waals surface area contributed by atoms with Crippen LogP contribution in [0.2, 0.25) is 0 Å². The molecule has 0 aliphatic heterocycles. The van der Waals surface area contributed by atoms with E-state index >= 15 is 0 Å². The Morgan fingerprint density at radius 1 is 1.33 bits per heavy atom. The maximum Gasteiger partial charge on any atom is 0.284 e. The molecule has 102 valence electrons. The summed E-state index contributed by atoms with van der Waals surface area (Å²) in [6, 6.07) is 12.0. The van der Waals surface area contributed by atoms with Crippen molar-refractivity contribution >= 4 is 23.0 Å². The molecule has 1 aromatic carbocycles. The molecule has 3 aromatic rings. The summed E-state index contributed by atoms with van der Waals surface area (Å²) in [5.41, 5.74) is 1.09. The minimum atomic E-state index is -0.487. The summed E-state index contributed by atoms with van der Waals surface area (Å²) in [5.74, 6) is 0. The van der Waals surface area contributed by atoms with Crippen LogP contribution < -0.4 is 0 Å². The summed E-state index contributed by atoms with van der Waals surface area (Å²) in [6.45, 7) is 0. The number of benzene rings is 1. The molecule has 0 saturated heterocycles. The predicted molar refractivity (Wildman–Crippen MR) is 77.1 cm³/mol. The molecule has 3 rings (SSSR count). The van der Waals surface area contributed by atoms with Gasteiger partial charge in [-0.25, -0.2) is 4.98 Å². The zero-order valence-corrected chi connectivity index (χ0v) is 11.4. The Bertz CT molecular complexity index is 882. The lowest BCUT2D eigenvalue weighted by molar-refractivity contribution is -0.387. The topological polar surface area (TPSA) is 84.2 Å². The van der Waals surface area contributed by atoms with Gasteiger partial charge < -0.3 is 0 Å². The van der Waals surface area contributed by atoms with E-state index in [1.807, 2.05) is 34.9 Å². The number of nitrogens with zero attached hydrogens (tertiary/aromatic N) is 4. The summed E-state index contributed by atoms with van der Waals surface area (Å²) in [7, 11) is 0. The molecular weight excluding hydrogens is 288 g/mol. The van der Waals surface area contributed by atoms with Crippen molar-refractivity contribution in [2.75, 3.05) is 0 Å². The van der Waals surface area contributed by atoms with E-state index < -0.39 is 4.92 Å².